The number of halogens is 4. The Morgan fingerprint density at radius 2 is 1.90 bits per heavy atom. The third-order valence-electron chi connectivity index (χ3n) is 3.87. The Balaban J connectivity index is 1.92. The van der Waals surface area contributed by atoms with Crippen LogP contribution in [0.25, 0.3) is 6.08 Å². The van der Waals surface area contributed by atoms with E-state index in [9.17, 15) is 18.0 Å². The van der Waals surface area contributed by atoms with Crippen LogP contribution < -0.4 is 14.8 Å². The predicted octanol–water partition coefficient (Wildman–Crippen LogP) is 5.27. The number of methoxy groups -OCH3 is 2. The van der Waals surface area contributed by atoms with Crippen molar-refractivity contribution in [1.29, 1.82) is 0 Å². The molecule has 1 aliphatic heterocycles. The van der Waals surface area contributed by atoms with Crippen molar-refractivity contribution in [2.75, 3.05) is 14.2 Å². The molecule has 1 N–H and O–H groups in total. The zero-order valence-corrected chi connectivity index (χ0v) is 16.7. The molecular formula is C19H14ClF3N2O3S. The van der Waals surface area contributed by atoms with Crippen LogP contribution in [-0.2, 0) is 11.0 Å². The number of alkyl halides is 3. The minimum absolute atomic E-state index is 0.0345. The number of thioether (sulfide) groups is 1. The topological polar surface area (TPSA) is 59.9 Å². The maximum atomic E-state index is 12.9. The van der Waals surface area contributed by atoms with Crippen molar-refractivity contribution < 1.29 is 27.4 Å². The average molecular weight is 443 g/mol. The van der Waals surface area contributed by atoms with Gasteiger partial charge in [-0.05, 0) is 54.2 Å². The third-order valence-corrected chi connectivity index (χ3v) is 5.10. The number of ether oxygens (including phenoxy) is 2. The van der Waals surface area contributed by atoms with E-state index in [2.05, 4.69) is 10.3 Å². The highest BCUT2D eigenvalue weighted by molar-refractivity contribution is 8.18. The number of amides is 1. The van der Waals surface area contributed by atoms with Crippen molar-refractivity contribution in [3.63, 3.8) is 0 Å². The highest BCUT2D eigenvalue weighted by Crippen LogP contribution is 2.37. The number of amidine groups is 1. The summed E-state index contributed by atoms with van der Waals surface area (Å²) in [5.74, 6) is 0.658. The molecule has 152 valence electrons. The van der Waals surface area contributed by atoms with E-state index in [0.29, 0.717) is 22.0 Å². The van der Waals surface area contributed by atoms with Gasteiger partial charge in [0.25, 0.3) is 5.91 Å². The summed E-state index contributed by atoms with van der Waals surface area (Å²) in [7, 11) is 3.01. The minimum Gasteiger partial charge on any atom is -0.497 e. The van der Waals surface area contributed by atoms with Crippen LogP contribution in [0.4, 0.5) is 18.9 Å². The van der Waals surface area contributed by atoms with Gasteiger partial charge in [0.1, 0.15) is 11.5 Å². The standard InChI is InChI=1S/C19H14ClF3N2O3S/c1-27-12-4-6-15(28-2)10(7-12)8-16-17(26)25-18(29-16)24-14-9-11(19(21,22)23)3-5-13(14)20/h3-9H,1-2H3,(H,24,25,26)/b16-8-. The molecule has 5 nitrogen and oxygen atoms in total. The number of carbonyl (C=O) groups excluding carboxylic acids is 1. The van der Waals surface area contributed by atoms with Gasteiger partial charge in [-0.2, -0.15) is 13.2 Å². The average Bonchev–Trinajstić information content (AvgIpc) is 3.01. The number of benzene rings is 2. The van der Waals surface area contributed by atoms with Crippen LogP contribution in [0.5, 0.6) is 11.5 Å². The lowest BCUT2D eigenvalue weighted by Crippen LogP contribution is -2.19. The van der Waals surface area contributed by atoms with Crippen LogP contribution in [0.3, 0.4) is 0 Å². The van der Waals surface area contributed by atoms with Gasteiger partial charge in [-0.1, -0.05) is 11.6 Å². The summed E-state index contributed by atoms with van der Waals surface area (Å²) in [6, 6.07) is 7.91. The zero-order chi connectivity index (χ0) is 21.2. The monoisotopic (exact) mass is 442 g/mol. The van der Waals surface area contributed by atoms with Crippen molar-refractivity contribution in [2.45, 2.75) is 6.18 Å². The maximum Gasteiger partial charge on any atom is 0.416 e. The molecular weight excluding hydrogens is 429 g/mol. The molecule has 0 unspecified atom stereocenters. The normalized spacial score (nSPS) is 17.0. The molecule has 0 atom stereocenters. The molecule has 0 aliphatic carbocycles. The Labute approximate surface area is 173 Å². The predicted molar refractivity (Wildman–Crippen MR) is 107 cm³/mol. The van der Waals surface area contributed by atoms with Crippen LogP contribution in [0.1, 0.15) is 11.1 Å². The Morgan fingerprint density at radius 3 is 2.55 bits per heavy atom. The van der Waals surface area contributed by atoms with E-state index in [1.165, 1.54) is 14.2 Å². The Morgan fingerprint density at radius 1 is 1.14 bits per heavy atom. The van der Waals surface area contributed by atoms with Gasteiger partial charge in [-0.15, -0.1) is 0 Å². The van der Waals surface area contributed by atoms with Crippen molar-refractivity contribution in [3.8, 4) is 11.5 Å². The summed E-state index contributed by atoms with van der Waals surface area (Å²) in [5, 5.41) is 2.67. The second-order valence-electron chi connectivity index (χ2n) is 5.75. The number of hydrogen-bond acceptors (Lipinski definition) is 5. The van der Waals surface area contributed by atoms with Gasteiger partial charge in [-0.3, -0.25) is 4.79 Å². The molecule has 0 saturated carbocycles. The van der Waals surface area contributed by atoms with Crippen molar-refractivity contribution in [1.82, 2.24) is 5.32 Å². The number of rotatable bonds is 4. The third kappa shape index (κ3) is 4.86. The first-order valence-corrected chi connectivity index (χ1v) is 9.29. The maximum absolute atomic E-state index is 12.9. The van der Waals surface area contributed by atoms with E-state index in [1.807, 2.05) is 0 Å². The first kappa shape index (κ1) is 21.1. The van der Waals surface area contributed by atoms with Gasteiger partial charge in [0.05, 0.1) is 35.4 Å². The SMILES string of the molecule is COc1ccc(OC)c(/C=C2\SC(=Nc3cc(C(F)(F)F)ccc3Cl)NC2=O)c1. The fraction of sp³-hybridized carbons (Fsp3) is 0.158. The first-order valence-electron chi connectivity index (χ1n) is 8.09. The molecule has 0 radical (unpaired) electrons. The number of hydrogen-bond donors (Lipinski definition) is 1. The Bertz CT molecular complexity index is 1020. The summed E-state index contributed by atoms with van der Waals surface area (Å²) in [4.78, 5) is 16.6. The molecule has 1 aliphatic rings. The highest BCUT2D eigenvalue weighted by Gasteiger charge is 2.31. The summed E-state index contributed by atoms with van der Waals surface area (Å²) >= 11 is 6.94. The molecule has 1 amide bonds. The molecule has 1 fully saturated rings. The molecule has 2 aromatic carbocycles. The fourth-order valence-corrected chi connectivity index (χ4v) is 3.44. The van der Waals surface area contributed by atoms with E-state index in [4.69, 9.17) is 21.1 Å². The van der Waals surface area contributed by atoms with E-state index in [-0.39, 0.29) is 15.9 Å². The number of carbonyl (C=O) groups is 1. The van der Waals surface area contributed by atoms with Gasteiger partial charge in [-0.25, -0.2) is 4.99 Å². The second-order valence-corrected chi connectivity index (χ2v) is 7.19. The molecule has 1 heterocycles. The Hall–Kier alpha value is -2.65. The molecule has 10 heteroatoms. The van der Waals surface area contributed by atoms with Gasteiger partial charge in [0, 0.05) is 5.56 Å². The lowest BCUT2D eigenvalue weighted by atomic mass is 10.1. The molecule has 0 aromatic heterocycles. The molecule has 3 rings (SSSR count). The van der Waals surface area contributed by atoms with Gasteiger partial charge >= 0.3 is 6.18 Å². The number of nitrogens with zero attached hydrogens (tertiary/aromatic N) is 1. The minimum atomic E-state index is -4.53. The summed E-state index contributed by atoms with van der Waals surface area (Å²) < 4.78 is 49.2. The van der Waals surface area contributed by atoms with Crippen molar-refractivity contribution in [2.24, 2.45) is 4.99 Å². The van der Waals surface area contributed by atoms with Crippen molar-refractivity contribution in [3.05, 3.63) is 57.5 Å². The van der Waals surface area contributed by atoms with Crippen LogP contribution >= 0.6 is 23.4 Å². The van der Waals surface area contributed by atoms with E-state index in [0.717, 1.165) is 30.0 Å². The van der Waals surface area contributed by atoms with Crippen LogP contribution in [0.15, 0.2) is 46.3 Å². The zero-order valence-electron chi connectivity index (χ0n) is 15.1. The molecule has 29 heavy (non-hydrogen) atoms. The summed E-state index contributed by atoms with van der Waals surface area (Å²) in [5.41, 5.74) is -0.375. The first-order chi connectivity index (χ1) is 13.7. The van der Waals surface area contributed by atoms with Gasteiger partial charge in [0.15, 0.2) is 5.17 Å². The molecule has 0 spiro atoms. The van der Waals surface area contributed by atoms with Crippen LogP contribution in [0.2, 0.25) is 5.02 Å². The smallest absolute Gasteiger partial charge is 0.416 e. The van der Waals surface area contributed by atoms with Gasteiger partial charge in [0.2, 0.25) is 0 Å². The fourth-order valence-electron chi connectivity index (χ4n) is 2.46. The summed E-state index contributed by atoms with van der Waals surface area (Å²) in [6.45, 7) is 0. The molecule has 1 saturated heterocycles. The van der Waals surface area contributed by atoms with Crippen LogP contribution in [-0.4, -0.2) is 25.3 Å². The number of nitrogens with one attached hydrogen (secondary N) is 1. The molecule has 0 bridgehead atoms. The quantitative estimate of drug-likeness (QED) is 0.655. The lowest BCUT2D eigenvalue weighted by molar-refractivity contribution is -0.137. The van der Waals surface area contributed by atoms with E-state index in [1.54, 1.807) is 24.3 Å². The number of aliphatic imine (C=N–C) groups is 1. The lowest BCUT2D eigenvalue weighted by Gasteiger charge is -2.08. The van der Waals surface area contributed by atoms with Crippen molar-refractivity contribution >= 4 is 46.2 Å². The van der Waals surface area contributed by atoms with Crippen LogP contribution in [0, 0.1) is 0 Å². The molecule has 2 aromatic rings. The van der Waals surface area contributed by atoms with Gasteiger partial charge < -0.3 is 14.8 Å². The largest absolute Gasteiger partial charge is 0.497 e. The second kappa shape index (κ2) is 8.38. The summed E-state index contributed by atoms with van der Waals surface area (Å²) in [6.07, 6.45) is -2.95. The Kier molecular flexibility index (Phi) is 6.09. The highest BCUT2D eigenvalue weighted by atomic mass is 35.5. The van der Waals surface area contributed by atoms with E-state index >= 15 is 0 Å². The van der Waals surface area contributed by atoms with E-state index < -0.39 is 17.6 Å².